The van der Waals surface area contributed by atoms with Gasteiger partial charge in [0.2, 0.25) is 0 Å². The third kappa shape index (κ3) is 2.74. The highest BCUT2D eigenvalue weighted by molar-refractivity contribution is 7.80. The largest absolute Gasteiger partial charge is 0.491 e. The van der Waals surface area contributed by atoms with Gasteiger partial charge < -0.3 is 9.84 Å². The number of benzene rings is 1. The maximum atomic E-state index is 8.44. The van der Waals surface area contributed by atoms with Crippen molar-refractivity contribution in [3.8, 4) is 5.75 Å². The number of rotatable bonds is 3. The van der Waals surface area contributed by atoms with Crippen molar-refractivity contribution in [2.45, 2.75) is 4.90 Å². The molecule has 0 spiro atoms. The minimum absolute atomic E-state index is 0.0373. The van der Waals surface area contributed by atoms with Crippen LogP contribution in [-0.4, -0.2) is 18.3 Å². The van der Waals surface area contributed by atoms with E-state index < -0.39 is 0 Å². The third-order valence-corrected chi connectivity index (χ3v) is 1.46. The fraction of sp³-hybridized carbons (Fsp3) is 0.250. The Kier molecular flexibility index (Phi) is 3.14. The molecule has 59 valence electrons. The second kappa shape index (κ2) is 4.16. The predicted octanol–water partition coefficient (Wildman–Crippen LogP) is 1.61. The molecule has 1 aromatic rings. The summed E-state index contributed by atoms with van der Waals surface area (Å²) in [6.07, 6.45) is 0. The molecule has 0 aliphatic heterocycles. The van der Waals surface area contributed by atoms with E-state index in [0.717, 1.165) is 10.6 Å². The number of ether oxygens (including phenoxy) is 1. The summed E-state index contributed by atoms with van der Waals surface area (Å²) >= 11 is 4.88. The quantitative estimate of drug-likeness (QED) is 0.745. The lowest BCUT2D eigenvalue weighted by Gasteiger charge is -2.02. The number of hydrogen-bond donors (Lipinski definition) is 1. The second-order valence-electron chi connectivity index (χ2n) is 2.04. The lowest BCUT2D eigenvalue weighted by atomic mass is 10.3. The van der Waals surface area contributed by atoms with Crippen LogP contribution in [0.1, 0.15) is 0 Å². The summed E-state index contributed by atoms with van der Waals surface area (Å²) in [5.41, 5.74) is 0. The first-order valence-corrected chi connectivity index (χ1v) is 3.74. The van der Waals surface area contributed by atoms with E-state index >= 15 is 0 Å². The van der Waals surface area contributed by atoms with Gasteiger partial charge in [-0.1, -0.05) is 12.6 Å². The molecule has 0 aliphatic rings. The van der Waals surface area contributed by atoms with Crippen molar-refractivity contribution in [2.24, 2.45) is 0 Å². The first-order chi connectivity index (χ1) is 5.33. The Morgan fingerprint density at radius 3 is 2.45 bits per heavy atom. The summed E-state index contributed by atoms with van der Waals surface area (Å²) in [5.74, 6) is 0.743. The van der Waals surface area contributed by atoms with Crippen LogP contribution in [0, 0.1) is 0 Å². The van der Waals surface area contributed by atoms with E-state index in [1.165, 1.54) is 0 Å². The molecule has 0 unspecified atom stereocenters. The minimum atomic E-state index is 0.0373. The highest BCUT2D eigenvalue weighted by Gasteiger charge is 1.91. The van der Waals surface area contributed by atoms with Crippen LogP contribution in [0.15, 0.2) is 29.2 Å². The first-order valence-electron chi connectivity index (χ1n) is 3.33. The van der Waals surface area contributed by atoms with Gasteiger partial charge in [0.15, 0.2) is 0 Å². The smallest absolute Gasteiger partial charge is 0.119 e. The molecule has 1 radical (unpaired) electrons. The summed E-state index contributed by atoms with van der Waals surface area (Å²) in [6, 6.07) is 7.17. The van der Waals surface area contributed by atoms with Crippen LogP contribution in [0.25, 0.3) is 0 Å². The lowest BCUT2D eigenvalue weighted by Crippen LogP contribution is -2.00. The summed E-state index contributed by atoms with van der Waals surface area (Å²) in [4.78, 5) is 0.793. The van der Waals surface area contributed by atoms with Crippen molar-refractivity contribution >= 4 is 12.6 Å². The van der Waals surface area contributed by atoms with E-state index in [4.69, 9.17) is 22.5 Å². The second-order valence-corrected chi connectivity index (χ2v) is 2.51. The van der Waals surface area contributed by atoms with Gasteiger partial charge in [-0.25, -0.2) is 0 Å². The Balaban J connectivity index is 2.52. The van der Waals surface area contributed by atoms with Crippen molar-refractivity contribution in [1.29, 1.82) is 0 Å². The highest BCUT2D eigenvalue weighted by Crippen LogP contribution is 2.13. The van der Waals surface area contributed by atoms with E-state index in [1.54, 1.807) is 24.3 Å². The molecule has 1 N–H and O–H groups in total. The predicted molar refractivity (Wildman–Crippen MR) is 44.9 cm³/mol. The van der Waals surface area contributed by atoms with Gasteiger partial charge in [-0.05, 0) is 24.3 Å². The summed E-state index contributed by atoms with van der Waals surface area (Å²) in [7, 11) is 0. The van der Waals surface area contributed by atoms with E-state index in [9.17, 15) is 0 Å². The van der Waals surface area contributed by atoms with Crippen LogP contribution >= 0.6 is 12.6 Å². The van der Waals surface area contributed by atoms with Gasteiger partial charge in [0.1, 0.15) is 12.4 Å². The van der Waals surface area contributed by atoms with Gasteiger partial charge in [0.25, 0.3) is 0 Å². The van der Waals surface area contributed by atoms with Gasteiger partial charge >= 0.3 is 0 Å². The van der Waals surface area contributed by atoms with Crippen LogP contribution in [0.3, 0.4) is 0 Å². The molecule has 0 bridgehead atoms. The van der Waals surface area contributed by atoms with E-state index in [-0.39, 0.29) is 6.61 Å². The normalized spacial score (nSPS) is 9.55. The Hall–Kier alpha value is -0.800. The monoisotopic (exact) mass is 169 g/mol. The van der Waals surface area contributed by atoms with Crippen LogP contribution in [0.4, 0.5) is 0 Å². The maximum absolute atomic E-state index is 8.44. The molecule has 0 heterocycles. The van der Waals surface area contributed by atoms with Crippen molar-refractivity contribution in [1.82, 2.24) is 0 Å². The highest BCUT2D eigenvalue weighted by atomic mass is 32.1. The first kappa shape index (κ1) is 8.30. The summed E-state index contributed by atoms with van der Waals surface area (Å²) < 4.78 is 5.11. The number of aliphatic hydroxyl groups is 1. The minimum Gasteiger partial charge on any atom is -0.491 e. The van der Waals surface area contributed by atoms with E-state index in [2.05, 4.69) is 0 Å². The maximum Gasteiger partial charge on any atom is 0.119 e. The van der Waals surface area contributed by atoms with Gasteiger partial charge in [0, 0.05) is 4.90 Å². The fourth-order valence-corrected chi connectivity index (χ4v) is 0.835. The Morgan fingerprint density at radius 2 is 1.91 bits per heavy atom. The molecule has 2 nitrogen and oxygen atoms in total. The molecule has 11 heavy (non-hydrogen) atoms. The SMILES string of the molecule is OCCOc1ccc([S])cc1. The standard InChI is InChI=1S/C8H9O2S/c9-5-6-10-7-1-3-8(11)4-2-7/h1-4,9H,5-6H2. The van der Waals surface area contributed by atoms with Gasteiger partial charge in [-0.2, -0.15) is 0 Å². The topological polar surface area (TPSA) is 29.5 Å². The molecule has 0 atom stereocenters. The van der Waals surface area contributed by atoms with Crippen molar-refractivity contribution in [3.05, 3.63) is 24.3 Å². The van der Waals surface area contributed by atoms with Crippen molar-refractivity contribution < 1.29 is 9.84 Å². The molecule has 0 saturated heterocycles. The zero-order chi connectivity index (χ0) is 8.10. The Bertz CT molecular complexity index is 208. The molecule has 0 aliphatic carbocycles. The van der Waals surface area contributed by atoms with Crippen LogP contribution in [-0.2, 0) is 0 Å². The Morgan fingerprint density at radius 1 is 1.27 bits per heavy atom. The van der Waals surface area contributed by atoms with Gasteiger partial charge in [0.05, 0.1) is 6.61 Å². The van der Waals surface area contributed by atoms with Crippen LogP contribution < -0.4 is 4.74 Å². The third-order valence-electron chi connectivity index (χ3n) is 1.18. The van der Waals surface area contributed by atoms with E-state index in [1.807, 2.05) is 0 Å². The number of hydrogen-bond acceptors (Lipinski definition) is 2. The lowest BCUT2D eigenvalue weighted by molar-refractivity contribution is 0.201. The zero-order valence-electron chi connectivity index (χ0n) is 5.99. The zero-order valence-corrected chi connectivity index (χ0v) is 6.80. The molecule has 0 saturated carbocycles. The van der Waals surface area contributed by atoms with Gasteiger partial charge in [-0.15, -0.1) is 0 Å². The van der Waals surface area contributed by atoms with Crippen LogP contribution in [0.2, 0.25) is 0 Å². The summed E-state index contributed by atoms with van der Waals surface area (Å²) in [6.45, 7) is 0.367. The van der Waals surface area contributed by atoms with Crippen molar-refractivity contribution in [2.75, 3.05) is 13.2 Å². The molecule has 0 aromatic heterocycles. The fourth-order valence-electron chi connectivity index (χ4n) is 0.699. The average molecular weight is 169 g/mol. The molecule has 0 amide bonds. The molecule has 1 rings (SSSR count). The Labute approximate surface area is 71.2 Å². The summed E-state index contributed by atoms with van der Waals surface area (Å²) in [5, 5.41) is 8.44. The molecule has 1 aromatic carbocycles. The van der Waals surface area contributed by atoms with Crippen molar-refractivity contribution in [3.63, 3.8) is 0 Å². The molecule has 0 fully saturated rings. The van der Waals surface area contributed by atoms with Crippen LogP contribution in [0.5, 0.6) is 5.75 Å². The van der Waals surface area contributed by atoms with Gasteiger partial charge in [-0.3, -0.25) is 0 Å². The average Bonchev–Trinajstić information content (AvgIpc) is 2.04. The van der Waals surface area contributed by atoms with E-state index in [0.29, 0.717) is 6.61 Å². The molecular formula is C8H9O2S. The number of aliphatic hydroxyl groups excluding tert-OH is 1. The molecular weight excluding hydrogens is 160 g/mol. The molecule has 3 heteroatoms.